The number of carbonyl (C=O) groups excluding carboxylic acids is 1. The van der Waals surface area contributed by atoms with Gasteiger partial charge < -0.3 is 5.32 Å². The number of halogens is 1. The summed E-state index contributed by atoms with van der Waals surface area (Å²) in [6.45, 7) is 0. The highest BCUT2D eigenvalue weighted by atomic mass is 19.1. The first-order chi connectivity index (χ1) is 10.2. The number of hydrogen-bond acceptors (Lipinski definition) is 1. The number of benzene rings is 2. The lowest BCUT2D eigenvalue weighted by Gasteiger charge is -2.14. The first-order valence-electron chi connectivity index (χ1n) is 7.34. The number of carbonyl (C=O) groups is 1. The molecule has 0 aromatic heterocycles. The second kappa shape index (κ2) is 6.08. The van der Waals surface area contributed by atoms with E-state index in [2.05, 4.69) is 17.4 Å². The van der Waals surface area contributed by atoms with E-state index in [-0.39, 0.29) is 17.8 Å². The van der Waals surface area contributed by atoms with Crippen LogP contribution in [0.4, 0.5) is 4.39 Å². The summed E-state index contributed by atoms with van der Waals surface area (Å²) >= 11 is 0. The van der Waals surface area contributed by atoms with Gasteiger partial charge in [0.15, 0.2) is 0 Å². The minimum atomic E-state index is -0.245. The quantitative estimate of drug-likeness (QED) is 0.913. The SMILES string of the molecule is O=C(CCc1ccc(F)cc1)NC1CCc2ccccc21. The van der Waals surface area contributed by atoms with Crippen LogP contribution in [0.15, 0.2) is 48.5 Å². The van der Waals surface area contributed by atoms with Crippen molar-refractivity contribution in [3.8, 4) is 0 Å². The zero-order chi connectivity index (χ0) is 14.7. The smallest absolute Gasteiger partial charge is 0.220 e. The van der Waals surface area contributed by atoms with E-state index >= 15 is 0 Å². The lowest BCUT2D eigenvalue weighted by atomic mass is 10.1. The number of rotatable bonds is 4. The van der Waals surface area contributed by atoms with Crippen LogP contribution in [0.5, 0.6) is 0 Å². The van der Waals surface area contributed by atoms with E-state index in [4.69, 9.17) is 0 Å². The van der Waals surface area contributed by atoms with Gasteiger partial charge in [-0.3, -0.25) is 4.79 Å². The van der Waals surface area contributed by atoms with E-state index in [9.17, 15) is 9.18 Å². The van der Waals surface area contributed by atoms with Crippen molar-refractivity contribution >= 4 is 5.91 Å². The van der Waals surface area contributed by atoms with Crippen molar-refractivity contribution in [2.75, 3.05) is 0 Å². The maximum atomic E-state index is 12.8. The van der Waals surface area contributed by atoms with Gasteiger partial charge in [0, 0.05) is 6.42 Å². The maximum absolute atomic E-state index is 12.8. The highest BCUT2D eigenvalue weighted by molar-refractivity contribution is 5.77. The standard InChI is InChI=1S/C18H18FNO/c19-15-9-5-13(6-10-15)7-12-18(21)20-17-11-8-14-3-1-2-4-16(14)17/h1-6,9-10,17H,7-8,11-12H2,(H,20,21). The molecule has 1 aliphatic carbocycles. The highest BCUT2D eigenvalue weighted by Crippen LogP contribution is 2.30. The number of fused-ring (bicyclic) bond motifs is 1. The van der Waals surface area contributed by atoms with Gasteiger partial charge in [0.05, 0.1) is 6.04 Å². The topological polar surface area (TPSA) is 29.1 Å². The van der Waals surface area contributed by atoms with Crippen LogP contribution in [0.25, 0.3) is 0 Å². The lowest BCUT2D eigenvalue weighted by molar-refractivity contribution is -0.121. The minimum absolute atomic E-state index is 0.0565. The Morgan fingerprint density at radius 2 is 1.90 bits per heavy atom. The minimum Gasteiger partial charge on any atom is -0.349 e. The highest BCUT2D eigenvalue weighted by Gasteiger charge is 2.22. The van der Waals surface area contributed by atoms with Crippen molar-refractivity contribution in [1.29, 1.82) is 0 Å². The predicted molar refractivity (Wildman–Crippen MR) is 80.4 cm³/mol. The van der Waals surface area contributed by atoms with Gasteiger partial charge >= 0.3 is 0 Å². The molecule has 3 rings (SSSR count). The van der Waals surface area contributed by atoms with Gasteiger partial charge in [-0.1, -0.05) is 36.4 Å². The first-order valence-corrected chi connectivity index (χ1v) is 7.34. The van der Waals surface area contributed by atoms with E-state index in [1.165, 1.54) is 23.3 Å². The fourth-order valence-electron chi connectivity index (χ4n) is 2.88. The monoisotopic (exact) mass is 283 g/mol. The van der Waals surface area contributed by atoms with Crippen molar-refractivity contribution < 1.29 is 9.18 Å². The zero-order valence-corrected chi connectivity index (χ0v) is 11.8. The van der Waals surface area contributed by atoms with Gasteiger partial charge in [0.2, 0.25) is 5.91 Å². The van der Waals surface area contributed by atoms with Crippen LogP contribution in [0.1, 0.15) is 35.6 Å². The lowest BCUT2D eigenvalue weighted by Crippen LogP contribution is -2.27. The Balaban J connectivity index is 1.54. The molecule has 0 bridgehead atoms. The summed E-state index contributed by atoms with van der Waals surface area (Å²) in [6, 6.07) is 14.7. The first kappa shape index (κ1) is 13.8. The van der Waals surface area contributed by atoms with Gasteiger partial charge in [-0.15, -0.1) is 0 Å². The molecule has 0 saturated carbocycles. The van der Waals surface area contributed by atoms with E-state index in [1.807, 2.05) is 12.1 Å². The summed E-state index contributed by atoms with van der Waals surface area (Å²) in [6.07, 6.45) is 3.07. The molecule has 1 unspecified atom stereocenters. The summed E-state index contributed by atoms with van der Waals surface area (Å²) in [5.41, 5.74) is 3.56. The molecule has 0 fully saturated rings. The number of hydrogen-bond donors (Lipinski definition) is 1. The molecule has 1 amide bonds. The van der Waals surface area contributed by atoms with Gasteiger partial charge in [0.25, 0.3) is 0 Å². The largest absolute Gasteiger partial charge is 0.349 e. The van der Waals surface area contributed by atoms with Gasteiger partial charge in [-0.25, -0.2) is 4.39 Å². The molecule has 0 aliphatic heterocycles. The molecule has 0 radical (unpaired) electrons. The van der Waals surface area contributed by atoms with Crippen molar-refractivity contribution in [2.24, 2.45) is 0 Å². The van der Waals surface area contributed by atoms with E-state index in [1.54, 1.807) is 12.1 Å². The second-order valence-corrected chi connectivity index (χ2v) is 5.48. The molecule has 1 atom stereocenters. The normalized spacial score (nSPS) is 16.5. The molecular formula is C18H18FNO. The molecule has 1 N–H and O–H groups in total. The second-order valence-electron chi connectivity index (χ2n) is 5.48. The van der Waals surface area contributed by atoms with Crippen molar-refractivity contribution in [3.63, 3.8) is 0 Å². The Kier molecular flexibility index (Phi) is 4.00. The van der Waals surface area contributed by atoms with E-state index < -0.39 is 0 Å². The molecule has 0 spiro atoms. The van der Waals surface area contributed by atoms with Crippen LogP contribution in [0, 0.1) is 5.82 Å². The van der Waals surface area contributed by atoms with Crippen LogP contribution in [-0.2, 0) is 17.6 Å². The molecule has 0 saturated heterocycles. The average molecular weight is 283 g/mol. The Labute approximate surface area is 124 Å². The molecule has 1 aliphatic rings. The third-order valence-corrected chi connectivity index (χ3v) is 4.02. The average Bonchev–Trinajstić information content (AvgIpc) is 2.90. The Hall–Kier alpha value is -2.16. The molecule has 108 valence electrons. The van der Waals surface area contributed by atoms with Gasteiger partial charge in [0.1, 0.15) is 5.82 Å². The molecule has 3 heteroatoms. The van der Waals surface area contributed by atoms with E-state index in [0.717, 1.165) is 18.4 Å². The number of aryl methyl sites for hydroxylation is 2. The van der Waals surface area contributed by atoms with Crippen molar-refractivity contribution in [3.05, 3.63) is 71.0 Å². The third kappa shape index (κ3) is 3.30. The van der Waals surface area contributed by atoms with Crippen LogP contribution < -0.4 is 5.32 Å². The van der Waals surface area contributed by atoms with Crippen LogP contribution in [-0.4, -0.2) is 5.91 Å². The van der Waals surface area contributed by atoms with Crippen molar-refractivity contribution in [2.45, 2.75) is 31.7 Å². The summed E-state index contributed by atoms with van der Waals surface area (Å²) in [5.74, 6) is -0.188. The zero-order valence-electron chi connectivity index (χ0n) is 11.8. The molecule has 2 aromatic rings. The van der Waals surface area contributed by atoms with Gasteiger partial charge in [-0.05, 0) is 48.1 Å². The summed E-state index contributed by atoms with van der Waals surface area (Å²) in [7, 11) is 0. The summed E-state index contributed by atoms with van der Waals surface area (Å²) < 4.78 is 12.8. The molecule has 21 heavy (non-hydrogen) atoms. The molecule has 2 aromatic carbocycles. The summed E-state index contributed by atoms with van der Waals surface area (Å²) in [4.78, 5) is 12.1. The molecular weight excluding hydrogens is 265 g/mol. The Bertz CT molecular complexity index is 636. The van der Waals surface area contributed by atoms with Crippen LogP contribution in [0.3, 0.4) is 0 Å². The summed E-state index contributed by atoms with van der Waals surface area (Å²) in [5, 5.41) is 3.10. The number of amides is 1. The van der Waals surface area contributed by atoms with Crippen LogP contribution in [0.2, 0.25) is 0 Å². The van der Waals surface area contributed by atoms with Crippen LogP contribution >= 0.6 is 0 Å². The van der Waals surface area contributed by atoms with Crippen molar-refractivity contribution in [1.82, 2.24) is 5.32 Å². The fraction of sp³-hybridized carbons (Fsp3) is 0.278. The van der Waals surface area contributed by atoms with E-state index in [0.29, 0.717) is 12.8 Å². The Morgan fingerprint density at radius 3 is 2.71 bits per heavy atom. The Morgan fingerprint density at radius 1 is 1.14 bits per heavy atom. The maximum Gasteiger partial charge on any atom is 0.220 e. The van der Waals surface area contributed by atoms with Gasteiger partial charge in [-0.2, -0.15) is 0 Å². The molecule has 2 nitrogen and oxygen atoms in total. The third-order valence-electron chi connectivity index (χ3n) is 4.02. The number of nitrogens with one attached hydrogen (secondary N) is 1. The fourth-order valence-corrected chi connectivity index (χ4v) is 2.88. The predicted octanol–water partition coefficient (Wildman–Crippen LogP) is 3.56. The molecule has 0 heterocycles.